The van der Waals surface area contributed by atoms with Crippen molar-refractivity contribution in [2.75, 3.05) is 0 Å². The van der Waals surface area contributed by atoms with Gasteiger partial charge in [0.2, 0.25) is 0 Å². The molecule has 5 atom stereocenters. The molecule has 1 aliphatic heterocycles. The quantitative estimate of drug-likeness (QED) is 0.0624. The van der Waals surface area contributed by atoms with Gasteiger partial charge < -0.3 is 19.7 Å². The van der Waals surface area contributed by atoms with Gasteiger partial charge in [-0.25, -0.2) is 0 Å². The number of carbonyl (C=O) groups excluding carboxylic acids is 2. The van der Waals surface area contributed by atoms with Gasteiger partial charge in [0, 0.05) is 11.1 Å². The highest BCUT2D eigenvalue weighted by molar-refractivity contribution is 6.09. The van der Waals surface area contributed by atoms with Crippen molar-refractivity contribution in [1.29, 1.82) is 0 Å². The molecule has 0 saturated carbocycles. The van der Waals surface area contributed by atoms with Crippen molar-refractivity contribution >= 4 is 11.6 Å². The van der Waals surface area contributed by atoms with Crippen molar-refractivity contribution in [2.24, 2.45) is 35.5 Å². The molecule has 1 heterocycles. The molecule has 2 N–H and O–H groups in total. The largest absolute Gasteiger partial charge is 0.507 e. The fourth-order valence-electron chi connectivity index (χ4n) is 10.1. The summed E-state index contributed by atoms with van der Waals surface area (Å²) < 4.78 is 13.3. The Morgan fingerprint density at radius 2 is 1.09 bits per heavy atom. The van der Waals surface area contributed by atoms with Gasteiger partial charge in [-0.2, -0.15) is 0 Å². The fraction of sp³-hybridized carbons (Fsp3) is 0.724. The smallest absolute Gasteiger partial charge is 0.189 e. The number of ether oxygens (including phenoxy) is 2. The summed E-state index contributed by atoms with van der Waals surface area (Å²) in [4.78, 5) is 28.0. The molecule has 0 spiro atoms. The Morgan fingerprint density at radius 3 is 1.59 bits per heavy atom. The van der Waals surface area contributed by atoms with Gasteiger partial charge in [0.15, 0.2) is 11.6 Å². The first-order chi connectivity index (χ1) is 30.1. The highest BCUT2D eigenvalue weighted by Gasteiger charge is 2.40. The van der Waals surface area contributed by atoms with Crippen LogP contribution in [0.3, 0.4) is 0 Å². The Hall–Kier alpha value is -3.28. The number of allylic oxidation sites excluding steroid dienone is 2. The first-order valence-electron chi connectivity index (χ1n) is 25.8. The molecule has 362 valence electrons. The molecule has 0 aliphatic carbocycles. The second-order valence-corrected chi connectivity index (χ2v) is 22.2. The lowest BCUT2D eigenvalue weighted by atomic mass is 9.83. The number of benzene rings is 2. The molecular weight excluding hydrogens is 793 g/mol. The van der Waals surface area contributed by atoms with Crippen molar-refractivity contribution < 1.29 is 29.3 Å². The molecule has 0 aromatic heterocycles. The highest BCUT2D eigenvalue weighted by atomic mass is 16.5. The van der Waals surface area contributed by atoms with Crippen LogP contribution in [0.2, 0.25) is 0 Å². The van der Waals surface area contributed by atoms with E-state index in [1.54, 1.807) is 19.9 Å². The van der Waals surface area contributed by atoms with Gasteiger partial charge in [0.25, 0.3) is 0 Å². The topological polar surface area (TPSA) is 93.1 Å². The number of hydrogen-bond acceptors (Lipinski definition) is 6. The van der Waals surface area contributed by atoms with Gasteiger partial charge in [0.05, 0.1) is 17.5 Å². The van der Waals surface area contributed by atoms with Crippen LogP contribution in [0.4, 0.5) is 0 Å². The lowest BCUT2D eigenvalue weighted by molar-refractivity contribution is 0.0434. The van der Waals surface area contributed by atoms with E-state index in [2.05, 4.69) is 62.3 Å². The molecular formula is C58H94O6. The van der Waals surface area contributed by atoms with Gasteiger partial charge in [0.1, 0.15) is 35.2 Å². The number of phenols is 2. The zero-order chi connectivity index (χ0) is 47.9. The number of rotatable bonds is 29. The molecule has 1 aliphatic rings. The number of fused-ring (bicyclic) bond motifs is 1. The predicted octanol–water partition coefficient (Wildman–Crippen LogP) is 16.9. The summed E-state index contributed by atoms with van der Waals surface area (Å²) in [6.45, 7) is 31.9. The zero-order valence-corrected chi connectivity index (χ0v) is 43.7. The van der Waals surface area contributed by atoms with Crippen LogP contribution < -0.4 is 9.47 Å². The highest BCUT2D eigenvalue weighted by Crippen LogP contribution is 2.46. The van der Waals surface area contributed by atoms with Gasteiger partial charge >= 0.3 is 0 Å². The standard InChI is InChI=1S/C58H94O6/c1-37(2)22-16-24-39(5)26-18-28-41(7)30-20-31-43(9)34-50(59)52-48(14)56(46(12)45(11)55(52)62)63-36-49-53-51(60)35-58(15,64-57(53)47(13)44(10)54(49)61)33-21-32-42(8)29-19-27-40(6)25-17-23-38(3)4/h34,37-42,61-62H,16-33,35-36H2,1-15H3/b43-34-/t39-,40-,41-,42-,58?/m1/s1. The zero-order valence-electron chi connectivity index (χ0n) is 43.7. The van der Waals surface area contributed by atoms with Crippen LogP contribution in [0, 0.1) is 70.1 Å². The fourth-order valence-corrected chi connectivity index (χ4v) is 10.1. The van der Waals surface area contributed by atoms with Gasteiger partial charge in [-0.1, -0.05) is 151 Å². The number of aromatic hydroxyl groups is 2. The first kappa shape index (κ1) is 55.1. The normalized spacial score (nSPS) is 17.4. The summed E-state index contributed by atoms with van der Waals surface area (Å²) in [5.74, 6) is 5.16. The maximum atomic E-state index is 14.1. The minimum absolute atomic E-state index is 0.0292. The molecule has 0 fully saturated rings. The van der Waals surface area contributed by atoms with Crippen LogP contribution in [0.5, 0.6) is 23.0 Å². The van der Waals surface area contributed by atoms with Crippen molar-refractivity contribution in [2.45, 2.75) is 238 Å². The third-order valence-electron chi connectivity index (χ3n) is 14.8. The maximum absolute atomic E-state index is 14.1. The van der Waals surface area contributed by atoms with E-state index in [1.165, 1.54) is 77.0 Å². The van der Waals surface area contributed by atoms with Crippen molar-refractivity contribution in [3.8, 4) is 23.0 Å². The molecule has 0 amide bonds. The number of Topliss-reactive ketones (excluding diaryl/α,β-unsaturated/α-hetero) is 1. The molecule has 0 saturated heterocycles. The summed E-state index contributed by atoms with van der Waals surface area (Å²) in [5, 5.41) is 22.9. The molecule has 64 heavy (non-hydrogen) atoms. The molecule has 2 aromatic rings. The molecule has 6 nitrogen and oxygen atoms in total. The van der Waals surface area contributed by atoms with Gasteiger partial charge in [-0.15, -0.1) is 0 Å². The van der Waals surface area contributed by atoms with E-state index in [0.29, 0.717) is 56.7 Å². The average Bonchev–Trinajstić information content (AvgIpc) is 3.20. The molecule has 0 bridgehead atoms. The van der Waals surface area contributed by atoms with Crippen LogP contribution in [-0.4, -0.2) is 27.4 Å². The second kappa shape index (κ2) is 26.2. The van der Waals surface area contributed by atoms with Crippen LogP contribution in [-0.2, 0) is 6.61 Å². The molecule has 3 rings (SSSR count). The SMILES string of the molecule is C/C(=C/C(=O)c1c(C)c(OCc2c(O)c(C)c(C)c3c2C(=O)CC(C)(CCC[C@H](C)CCC[C@H](C)CCCC(C)C)O3)c(C)c(C)c1O)CCC[C@H](C)CCC[C@H](C)CCCC(C)C. The Balaban J connectivity index is 1.66. The first-order valence-corrected chi connectivity index (χ1v) is 25.8. The minimum Gasteiger partial charge on any atom is -0.507 e. The van der Waals surface area contributed by atoms with Crippen LogP contribution in [0.1, 0.15) is 245 Å². The predicted molar refractivity (Wildman–Crippen MR) is 270 cm³/mol. The summed E-state index contributed by atoms with van der Waals surface area (Å²) in [5.41, 5.74) is 4.62. The Labute approximate surface area is 392 Å². The van der Waals surface area contributed by atoms with Gasteiger partial charge in [-0.3, -0.25) is 9.59 Å². The third-order valence-corrected chi connectivity index (χ3v) is 14.8. The monoisotopic (exact) mass is 887 g/mol. The van der Waals surface area contributed by atoms with E-state index < -0.39 is 5.60 Å². The number of hydrogen-bond donors (Lipinski definition) is 2. The van der Waals surface area contributed by atoms with E-state index in [0.717, 1.165) is 73.3 Å². The summed E-state index contributed by atoms with van der Waals surface area (Å²) in [7, 11) is 0. The van der Waals surface area contributed by atoms with Crippen LogP contribution in [0.25, 0.3) is 0 Å². The van der Waals surface area contributed by atoms with E-state index in [1.807, 2.05) is 27.7 Å². The minimum atomic E-state index is -0.632. The third kappa shape index (κ3) is 16.6. The second-order valence-electron chi connectivity index (χ2n) is 22.2. The summed E-state index contributed by atoms with van der Waals surface area (Å²) in [6, 6.07) is 0. The summed E-state index contributed by atoms with van der Waals surface area (Å²) >= 11 is 0. The van der Waals surface area contributed by atoms with Crippen LogP contribution >= 0.6 is 0 Å². The van der Waals surface area contributed by atoms with Crippen molar-refractivity contribution in [1.82, 2.24) is 0 Å². The maximum Gasteiger partial charge on any atom is 0.189 e. The molecule has 1 unspecified atom stereocenters. The number of phenolic OH excluding ortho intramolecular Hbond substituents is 2. The Kier molecular flexibility index (Phi) is 22.5. The van der Waals surface area contributed by atoms with Crippen molar-refractivity contribution in [3.05, 3.63) is 56.2 Å². The number of carbonyl (C=O) groups is 2. The van der Waals surface area contributed by atoms with E-state index >= 15 is 0 Å². The van der Waals surface area contributed by atoms with E-state index in [9.17, 15) is 19.8 Å². The van der Waals surface area contributed by atoms with E-state index in [4.69, 9.17) is 9.47 Å². The van der Waals surface area contributed by atoms with E-state index in [-0.39, 0.29) is 41.7 Å². The molecule has 0 radical (unpaired) electrons. The Bertz CT molecular complexity index is 1850. The lowest BCUT2D eigenvalue weighted by Crippen LogP contribution is -2.40. The molecule has 6 heteroatoms. The van der Waals surface area contributed by atoms with Crippen molar-refractivity contribution in [3.63, 3.8) is 0 Å². The van der Waals surface area contributed by atoms with Gasteiger partial charge in [-0.05, 0) is 138 Å². The lowest BCUT2D eigenvalue weighted by Gasteiger charge is -2.37. The molecule has 2 aromatic carbocycles. The number of ketones is 2. The Morgan fingerprint density at radius 1 is 0.641 bits per heavy atom. The average molecular weight is 887 g/mol. The summed E-state index contributed by atoms with van der Waals surface area (Å²) in [6.07, 6.45) is 23.4. The van der Waals surface area contributed by atoms with Crippen LogP contribution in [0.15, 0.2) is 11.6 Å².